The Labute approximate surface area is 122 Å². The number of nitrogens with zero attached hydrogens (tertiary/aromatic N) is 2. The van der Waals surface area contributed by atoms with Gasteiger partial charge < -0.3 is 5.32 Å². The van der Waals surface area contributed by atoms with Crippen molar-refractivity contribution in [3.8, 4) is 5.69 Å². The molecule has 1 aromatic carbocycles. The van der Waals surface area contributed by atoms with Gasteiger partial charge in [-0.25, -0.2) is 4.68 Å². The first-order chi connectivity index (χ1) is 9.63. The van der Waals surface area contributed by atoms with Crippen molar-refractivity contribution in [3.63, 3.8) is 0 Å². The van der Waals surface area contributed by atoms with Gasteiger partial charge in [0.15, 0.2) is 0 Å². The van der Waals surface area contributed by atoms with Crippen LogP contribution in [0.1, 0.15) is 39.2 Å². The van der Waals surface area contributed by atoms with Gasteiger partial charge in [-0.2, -0.15) is 5.10 Å². The lowest BCUT2D eigenvalue weighted by Gasteiger charge is -2.23. The summed E-state index contributed by atoms with van der Waals surface area (Å²) in [5.74, 6) is 0. The molecule has 1 aromatic heterocycles. The number of aromatic nitrogens is 2. The molecule has 0 aliphatic carbocycles. The monoisotopic (exact) mass is 271 g/mol. The molecule has 2 rings (SSSR count). The fraction of sp³-hybridized carbons (Fsp3) is 0.471. The first kappa shape index (κ1) is 14.8. The molecule has 0 bridgehead atoms. The van der Waals surface area contributed by atoms with Gasteiger partial charge >= 0.3 is 0 Å². The zero-order valence-corrected chi connectivity index (χ0v) is 12.8. The third-order valence-electron chi connectivity index (χ3n) is 3.74. The van der Waals surface area contributed by atoms with Gasteiger partial charge in [0.2, 0.25) is 0 Å². The number of rotatable bonds is 7. The van der Waals surface area contributed by atoms with Crippen LogP contribution < -0.4 is 5.32 Å². The third kappa shape index (κ3) is 3.70. The van der Waals surface area contributed by atoms with Gasteiger partial charge in [0, 0.05) is 6.20 Å². The molecule has 0 aliphatic rings. The van der Waals surface area contributed by atoms with E-state index in [4.69, 9.17) is 0 Å². The molecular weight excluding hydrogens is 246 g/mol. The minimum absolute atomic E-state index is 0.147. The Bertz CT molecular complexity index is 514. The fourth-order valence-electron chi connectivity index (χ4n) is 2.24. The summed E-state index contributed by atoms with van der Waals surface area (Å²) in [5.41, 5.74) is 2.55. The van der Waals surface area contributed by atoms with Crippen molar-refractivity contribution >= 4 is 0 Å². The summed E-state index contributed by atoms with van der Waals surface area (Å²) >= 11 is 0. The van der Waals surface area contributed by atoms with Gasteiger partial charge in [-0.05, 0) is 49.0 Å². The Morgan fingerprint density at radius 3 is 2.60 bits per heavy atom. The smallest absolute Gasteiger partial charge is 0.0645 e. The highest BCUT2D eigenvalue weighted by Gasteiger charge is 2.22. The molecule has 0 amide bonds. The topological polar surface area (TPSA) is 29.9 Å². The van der Waals surface area contributed by atoms with Gasteiger partial charge in [-0.1, -0.05) is 39.0 Å². The van der Waals surface area contributed by atoms with Crippen LogP contribution in [0.3, 0.4) is 0 Å². The number of hydrogen-bond acceptors (Lipinski definition) is 2. The fourth-order valence-corrected chi connectivity index (χ4v) is 2.24. The molecule has 3 heteroatoms. The van der Waals surface area contributed by atoms with Crippen LogP contribution in [0.4, 0.5) is 0 Å². The van der Waals surface area contributed by atoms with Crippen LogP contribution in [0.25, 0.3) is 5.69 Å². The van der Waals surface area contributed by atoms with E-state index < -0.39 is 0 Å². The second kappa shape index (κ2) is 6.71. The number of hydrogen-bond donors (Lipinski definition) is 1. The normalized spacial score (nSPS) is 11.8. The number of benzene rings is 1. The summed E-state index contributed by atoms with van der Waals surface area (Å²) < 4.78 is 1.95. The lowest BCUT2D eigenvalue weighted by molar-refractivity contribution is 0.457. The third-order valence-corrected chi connectivity index (χ3v) is 3.74. The van der Waals surface area contributed by atoms with E-state index in [0.717, 1.165) is 25.2 Å². The second-order valence-electron chi connectivity index (χ2n) is 5.89. The van der Waals surface area contributed by atoms with E-state index in [1.807, 2.05) is 29.1 Å². The molecule has 1 heterocycles. The summed E-state index contributed by atoms with van der Waals surface area (Å²) in [4.78, 5) is 0. The van der Waals surface area contributed by atoms with E-state index in [-0.39, 0.29) is 5.41 Å². The summed E-state index contributed by atoms with van der Waals surface area (Å²) in [6, 6.07) is 10.3. The van der Waals surface area contributed by atoms with Crippen LogP contribution in [0, 0.1) is 0 Å². The highest BCUT2D eigenvalue weighted by molar-refractivity contribution is 5.32. The minimum Gasteiger partial charge on any atom is -0.317 e. The van der Waals surface area contributed by atoms with Crippen LogP contribution in [0.5, 0.6) is 0 Å². The van der Waals surface area contributed by atoms with Gasteiger partial charge in [-0.15, -0.1) is 0 Å². The van der Waals surface area contributed by atoms with Crippen LogP contribution in [0.2, 0.25) is 0 Å². The van der Waals surface area contributed by atoms with Crippen molar-refractivity contribution in [1.82, 2.24) is 15.1 Å². The molecule has 3 nitrogen and oxygen atoms in total. The zero-order chi connectivity index (χ0) is 14.4. The summed E-state index contributed by atoms with van der Waals surface area (Å²) in [6.45, 7) is 8.92. The maximum absolute atomic E-state index is 4.49. The number of nitrogens with one attached hydrogen (secondary N) is 1. The summed E-state index contributed by atoms with van der Waals surface area (Å²) in [7, 11) is 0. The highest BCUT2D eigenvalue weighted by Crippen LogP contribution is 2.26. The zero-order valence-electron chi connectivity index (χ0n) is 12.8. The largest absolute Gasteiger partial charge is 0.317 e. The highest BCUT2D eigenvalue weighted by atomic mass is 15.3. The SMILES string of the molecule is CCCNCCC(C)(C)c1cnn(-c2ccccc2)c1. The Hall–Kier alpha value is -1.61. The Morgan fingerprint density at radius 2 is 1.90 bits per heavy atom. The molecule has 20 heavy (non-hydrogen) atoms. The Morgan fingerprint density at radius 1 is 1.15 bits per heavy atom. The minimum atomic E-state index is 0.147. The average molecular weight is 271 g/mol. The van der Waals surface area contributed by atoms with E-state index in [9.17, 15) is 0 Å². The van der Waals surface area contributed by atoms with Gasteiger partial charge in [-0.3, -0.25) is 0 Å². The molecule has 0 saturated heterocycles. The molecule has 1 N–H and O–H groups in total. The lowest BCUT2D eigenvalue weighted by Crippen LogP contribution is -2.25. The molecule has 0 unspecified atom stereocenters. The maximum atomic E-state index is 4.49. The van der Waals surface area contributed by atoms with Crippen molar-refractivity contribution in [2.24, 2.45) is 0 Å². The lowest BCUT2D eigenvalue weighted by atomic mass is 9.83. The van der Waals surface area contributed by atoms with Crippen LogP contribution >= 0.6 is 0 Å². The predicted octanol–water partition coefficient (Wildman–Crippen LogP) is 3.54. The molecule has 0 saturated carbocycles. The first-order valence-electron chi connectivity index (χ1n) is 7.45. The van der Waals surface area contributed by atoms with E-state index in [2.05, 4.69) is 49.5 Å². The summed E-state index contributed by atoms with van der Waals surface area (Å²) in [5, 5.41) is 7.97. The van der Waals surface area contributed by atoms with Crippen molar-refractivity contribution in [1.29, 1.82) is 0 Å². The maximum Gasteiger partial charge on any atom is 0.0645 e. The Kier molecular flexibility index (Phi) is 4.96. The summed E-state index contributed by atoms with van der Waals surface area (Å²) in [6.07, 6.45) is 6.45. The molecule has 0 fully saturated rings. The predicted molar refractivity (Wildman–Crippen MR) is 84.4 cm³/mol. The second-order valence-corrected chi connectivity index (χ2v) is 5.89. The van der Waals surface area contributed by atoms with Crippen molar-refractivity contribution in [2.75, 3.05) is 13.1 Å². The van der Waals surface area contributed by atoms with E-state index in [1.165, 1.54) is 12.0 Å². The molecule has 0 radical (unpaired) electrons. The van der Waals surface area contributed by atoms with Crippen LogP contribution in [-0.2, 0) is 5.41 Å². The van der Waals surface area contributed by atoms with Crippen molar-refractivity contribution < 1.29 is 0 Å². The van der Waals surface area contributed by atoms with E-state index >= 15 is 0 Å². The van der Waals surface area contributed by atoms with E-state index in [0.29, 0.717) is 0 Å². The van der Waals surface area contributed by atoms with Gasteiger partial charge in [0.1, 0.15) is 0 Å². The van der Waals surface area contributed by atoms with Crippen LogP contribution in [-0.4, -0.2) is 22.9 Å². The Balaban J connectivity index is 2.04. The molecule has 108 valence electrons. The molecule has 0 aliphatic heterocycles. The van der Waals surface area contributed by atoms with E-state index in [1.54, 1.807) is 0 Å². The van der Waals surface area contributed by atoms with Crippen molar-refractivity contribution in [2.45, 2.75) is 39.0 Å². The van der Waals surface area contributed by atoms with Crippen molar-refractivity contribution in [3.05, 3.63) is 48.3 Å². The standard InChI is InChI=1S/C17H25N3/c1-4-11-18-12-10-17(2,3)15-13-19-20(14-15)16-8-6-5-7-9-16/h5-9,13-14,18H,4,10-12H2,1-3H3. The van der Waals surface area contributed by atoms with Gasteiger partial charge in [0.05, 0.1) is 11.9 Å². The number of para-hydroxylation sites is 1. The quantitative estimate of drug-likeness (QED) is 0.781. The first-order valence-corrected chi connectivity index (χ1v) is 7.45. The molecule has 0 atom stereocenters. The van der Waals surface area contributed by atoms with Crippen LogP contribution in [0.15, 0.2) is 42.7 Å². The van der Waals surface area contributed by atoms with Gasteiger partial charge in [0.25, 0.3) is 0 Å². The molecule has 2 aromatic rings. The molecule has 0 spiro atoms. The molecular formula is C17H25N3. The average Bonchev–Trinajstić information content (AvgIpc) is 2.95.